The molecule has 0 aromatic rings. The van der Waals surface area contributed by atoms with Gasteiger partial charge in [-0.2, -0.15) is 0 Å². The Morgan fingerprint density at radius 3 is 2.00 bits per heavy atom. The number of hydrogen-bond donors (Lipinski definition) is 1. The van der Waals surface area contributed by atoms with E-state index in [4.69, 9.17) is 0 Å². The maximum absolute atomic E-state index is 4.10. The van der Waals surface area contributed by atoms with E-state index in [1.165, 1.54) is 6.32 Å². The molecule has 0 aliphatic carbocycles. The summed E-state index contributed by atoms with van der Waals surface area (Å²) < 4.78 is 0. The maximum Gasteiger partial charge on any atom is 0.201 e. The predicted octanol–water partition coefficient (Wildman–Crippen LogP) is 1.56. The highest BCUT2D eigenvalue weighted by atomic mass is 32.1. The van der Waals surface area contributed by atoms with Crippen LogP contribution in [0, 0.1) is 0 Å². The normalized spacial score (nSPS) is 7.80. The molecule has 0 atom stereocenters. The molecule has 2 heteroatoms. The summed E-state index contributed by atoms with van der Waals surface area (Å²) in [7, 11) is 0. The fourth-order valence-electron chi connectivity index (χ4n) is 0. The summed E-state index contributed by atoms with van der Waals surface area (Å²) in [5.74, 6) is 0.579. The van der Waals surface area contributed by atoms with Gasteiger partial charge in [-0.15, -0.1) is 0 Å². The van der Waals surface area contributed by atoms with Crippen LogP contribution in [0.3, 0.4) is 0 Å². The highest BCUT2D eigenvalue weighted by Gasteiger charge is 1.88. The highest BCUT2D eigenvalue weighted by molar-refractivity contribution is 8.10. The van der Waals surface area contributed by atoms with Gasteiger partial charge in [0.2, 0.25) is 5.99 Å². The van der Waals surface area contributed by atoms with E-state index in [0.717, 1.165) is 0 Å². The summed E-state index contributed by atoms with van der Waals surface area (Å²) in [5.41, 5.74) is 0. The number of hydrogen-bond acceptors (Lipinski definition) is 1. The Kier molecular flexibility index (Phi) is 2.86. The molecule has 0 aliphatic heterocycles. The van der Waals surface area contributed by atoms with Crippen LogP contribution in [0.5, 0.6) is 0 Å². The molecule has 0 rings (SSSR count). The smallest absolute Gasteiger partial charge is 0.201 e. The third-order valence-corrected chi connectivity index (χ3v) is 0.956. The van der Waals surface area contributed by atoms with Gasteiger partial charge >= 0.3 is 0 Å². The largest absolute Gasteiger partial charge is 0.227 e. The van der Waals surface area contributed by atoms with E-state index in [-0.39, 0.29) is 0 Å². The molecule has 0 nitrogen and oxygen atoms in total. The highest BCUT2D eigenvalue weighted by Crippen LogP contribution is 1.90. The topological polar surface area (TPSA) is 0 Å². The van der Waals surface area contributed by atoms with Crippen molar-refractivity contribution in [3.8, 4) is 0 Å². The maximum atomic E-state index is 4.10. The van der Waals surface area contributed by atoms with Crippen LogP contribution in [0.1, 0.15) is 6.92 Å². The molecule has 0 radical (unpaired) electrons. The second-order valence-corrected chi connectivity index (χ2v) is 2.14. The Bertz CT molecular complexity index is 20.9. The van der Waals surface area contributed by atoms with Gasteiger partial charge in [0.1, 0.15) is 0 Å². The van der Waals surface area contributed by atoms with Crippen LogP contribution in [0.15, 0.2) is 0 Å². The number of thiol groups is 1. The van der Waals surface area contributed by atoms with Crippen LogP contribution in [0.25, 0.3) is 0 Å². The predicted molar refractivity (Wildman–Crippen MR) is 31.1 cm³/mol. The van der Waals surface area contributed by atoms with E-state index in [0.29, 0.717) is 5.99 Å². The summed E-state index contributed by atoms with van der Waals surface area (Å²) in [6, 6.07) is 0. The second kappa shape index (κ2) is 2.64. The molecule has 0 fully saturated rings. The first kappa shape index (κ1) is 5.41. The molecule has 0 aliphatic rings. The molecule has 0 bridgehead atoms. The summed E-state index contributed by atoms with van der Waals surface area (Å²) >= 11 is 4.10. The average molecular weight is 88.0 g/mol. The minimum atomic E-state index is 0.579. The van der Waals surface area contributed by atoms with Crippen molar-refractivity contribution in [1.82, 2.24) is 0 Å². The minimum Gasteiger partial charge on any atom is -0.227 e. The summed E-state index contributed by atoms with van der Waals surface area (Å²) in [4.78, 5) is 0. The van der Waals surface area contributed by atoms with Crippen molar-refractivity contribution in [1.29, 1.82) is 0 Å². The fourth-order valence-corrected chi connectivity index (χ4v) is 0. The lowest BCUT2D eigenvalue weighted by Crippen LogP contribution is -1.88. The molecule has 30 valence electrons. The van der Waals surface area contributed by atoms with E-state index in [1.807, 2.05) is 0 Å². The fraction of sp³-hybridized carbons (Fsp3) is 1.00. The van der Waals surface area contributed by atoms with Gasteiger partial charge in [0, 0.05) is 0 Å². The molecule has 0 spiro atoms. The standard InChI is InChI=1S/C3H9BS/c1-3-4(2)5/h5H,3H2,1-2H3. The lowest BCUT2D eigenvalue weighted by Gasteiger charge is -1.83. The summed E-state index contributed by atoms with van der Waals surface area (Å²) in [6.07, 6.45) is 1.17. The molecule has 0 saturated carbocycles. The van der Waals surface area contributed by atoms with Gasteiger partial charge in [-0.1, -0.05) is 20.1 Å². The third-order valence-electron chi connectivity index (χ3n) is 0.591. The van der Waals surface area contributed by atoms with Gasteiger partial charge in [-0.25, -0.2) is 12.5 Å². The Morgan fingerprint density at radius 1 is 1.80 bits per heavy atom. The van der Waals surface area contributed by atoms with Crippen LogP contribution < -0.4 is 0 Å². The zero-order valence-electron chi connectivity index (χ0n) is 3.73. The average Bonchev–Trinajstić information content (AvgIpc) is 1.38. The molecule has 0 heterocycles. The molecule has 0 amide bonds. The Labute approximate surface area is 39.3 Å². The van der Waals surface area contributed by atoms with E-state index in [1.54, 1.807) is 0 Å². The van der Waals surface area contributed by atoms with Gasteiger partial charge in [-0.3, -0.25) is 0 Å². The Balaban J connectivity index is 2.54. The molecule has 0 aromatic carbocycles. The lowest BCUT2D eigenvalue weighted by molar-refractivity contribution is 1.45. The first-order valence-electron chi connectivity index (χ1n) is 1.95. The molecule has 0 saturated heterocycles. The minimum absolute atomic E-state index is 0.579. The van der Waals surface area contributed by atoms with Gasteiger partial charge < -0.3 is 0 Å². The first-order chi connectivity index (χ1) is 2.27. The van der Waals surface area contributed by atoms with Gasteiger partial charge in [-0.05, 0) is 0 Å². The van der Waals surface area contributed by atoms with Crippen molar-refractivity contribution < 1.29 is 0 Å². The quantitative estimate of drug-likeness (QED) is 0.365. The third kappa shape index (κ3) is 4.41. The van der Waals surface area contributed by atoms with Crippen LogP contribution in [0.4, 0.5) is 0 Å². The molecule has 0 unspecified atom stereocenters. The first-order valence-corrected chi connectivity index (χ1v) is 2.47. The zero-order valence-corrected chi connectivity index (χ0v) is 4.63. The van der Waals surface area contributed by atoms with E-state index >= 15 is 0 Å². The van der Waals surface area contributed by atoms with Crippen molar-refractivity contribution in [3.05, 3.63) is 0 Å². The molecule has 0 N–H and O–H groups in total. The Hall–Kier alpha value is 0.415. The molecular formula is C3H9BS. The van der Waals surface area contributed by atoms with Crippen molar-refractivity contribution in [2.24, 2.45) is 0 Å². The van der Waals surface area contributed by atoms with Crippen molar-refractivity contribution in [3.63, 3.8) is 0 Å². The lowest BCUT2D eigenvalue weighted by atomic mass is 9.77. The van der Waals surface area contributed by atoms with Crippen molar-refractivity contribution in [2.45, 2.75) is 20.1 Å². The Morgan fingerprint density at radius 2 is 2.00 bits per heavy atom. The van der Waals surface area contributed by atoms with Gasteiger partial charge in [0.05, 0.1) is 0 Å². The summed E-state index contributed by atoms with van der Waals surface area (Å²) in [5, 5.41) is 0. The van der Waals surface area contributed by atoms with Gasteiger partial charge in [0.15, 0.2) is 0 Å². The van der Waals surface area contributed by atoms with E-state index in [2.05, 4.69) is 26.2 Å². The SMILES string of the molecule is CCB(C)S. The molecule has 0 aromatic heterocycles. The van der Waals surface area contributed by atoms with Crippen LogP contribution in [-0.4, -0.2) is 5.99 Å². The van der Waals surface area contributed by atoms with Crippen molar-refractivity contribution >= 4 is 18.5 Å². The van der Waals surface area contributed by atoms with E-state index < -0.39 is 0 Å². The van der Waals surface area contributed by atoms with Crippen LogP contribution >= 0.6 is 12.5 Å². The summed E-state index contributed by atoms with van der Waals surface area (Å²) in [6.45, 7) is 4.21. The molecular weight excluding hydrogens is 78.9 g/mol. The van der Waals surface area contributed by atoms with Crippen LogP contribution in [0.2, 0.25) is 13.1 Å². The zero-order chi connectivity index (χ0) is 4.28. The molecule has 5 heavy (non-hydrogen) atoms. The van der Waals surface area contributed by atoms with Crippen molar-refractivity contribution in [2.75, 3.05) is 0 Å². The van der Waals surface area contributed by atoms with E-state index in [9.17, 15) is 0 Å². The number of rotatable bonds is 1. The van der Waals surface area contributed by atoms with Gasteiger partial charge in [0.25, 0.3) is 0 Å². The second-order valence-electron chi connectivity index (χ2n) is 1.26. The van der Waals surface area contributed by atoms with Crippen LogP contribution in [-0.2, 0) is 0 Å². The monoisotopic (exact) mass is 88.1 g/mol.